The Morgan fingerprint density at radius 1 is 0.500 bits per heavy atom. The summed E-state index contributed by atoms with van der Waals surface area (Å²) >= 11 is 0. The second-order valence-corrected chi connectivity index (χ2v) is 2.68. The molecule has 0 unspecified atom stereocenters. The molecule has 0 saturated heterocycles. The maximum absolute atomic E-state index is 8.55. The standard InChI is InChI=1S/4K.2H3O4P/c;;;;2*1-5(2,3)4/h;;;;2*(H3,1,2,3,4)/q4*+1;;/p-6. The quantitative estimate of drug-likeness (QED) is 0.307. The van der Waals surface area contributed by atoms with Crippen molar-refractivity contribution in [1.29, 1.82) is 0 Å². The van der Waals surface area contributed by atoms with E-state index in [9.17, 15) is 0 Å². The summed E-state index contributed by atoms with van der Waals surface area (Å²) < 4.78 is 17.1. The third-order valence-electron chi connectivity index (χ3n) is 0. The van der Waals surface area contributed by atoms with Crippen LogP contribution in [0.1, 0.15) is 0 Å². The van der Waals surface area contributed by atoms with Crippen LogP contribution >= 0.6 is 15.6 Å². The molecule has 0 amide bonds. The largest absolute Gasteiger partial charge is 1.00 e. The summed E-state index contributed by atoms with van der Waals surface area (Å²) in [6, 6.07) is 0. The van der Waals surface area contributed by atoms with E-state index in [0.29, 0.717) is 0 Å². The summed E-state index contributed by atoms with van der Waals surface area (Å²) in [6.45, 7) is 0. The smallest absolute Gasteiger partial charge is 0.822 e. The molecule has 0 aliphatic heterocycles. The van der Waals surface area contributed by atoms with Gasteiger partial charge in [-0.25, -0.2) is 0 Å². The fourth-order valence-corrected chi connectivity index (χ4v) is 0. The van der Waals surface area contributed by atoms with Crippen molar-refractivity contribution in [2.75, 3.05) is 0 Å². The van der Waals surface area contributed by atoms with Crippen LogP contribution in [0.5, 0.6) is 0 Å². The van der Waals surface area contributed by atoms with Gasteiger partial charge in [0.25, 0.3) is 0 Å². The van der Waals surface area contributed by atoms with E-state index in [1.165, 1.54) is 0 Å². The molecule has 14 heteroatoms. The molecule has 0 aliphatic rings. The minimum absolute atomic E-state index is 0. The molecule has 0 fully saturated rings. The van der Waals surface area contributed by atoms with E-state index in [0.717, 1.165) is 0 Å². The van der Waals surface area contributed by atoms with E-state index in [4.69, 9.17) is 38.5 Å². The molecule has 64 valence electrons. The molecule has 0 aromatic rings. The zero-order valence-corrected chi connectivity index (χ0v) is 22.4. The molecule has 0 rings (SSSR count). The molecule has 0 bridgehead atoms. The molecule has 8 nitrogen and oxygen atoms in total. The fourth-order valence-electron chi connectivity index (χ4n) is 0. The van der Waals surface area contributed by atoms with Gasteiger partial charge in [0.05, 0.1) is 0 Å². The molecule has 14 heavy (non-hydrogen) atoms. The van der Waals surface area contributed by atoms with Crippen LogP contribution in [0.4, 0.5) is 0 Å². The van der Waals surface area contributed by atoms with Gasteiger partial charge in [-0.05, 0) is 0 Å². The fraction of sp³-hybridized carbons (Fsp3) is 0. The summed E-state index contributed by atoms with van der Waals surface area (Å²) in [5.74, 6) is 0. The van der Waals surface area contributed by atoms with Crippen molar-refractivity contribution in [2.24, 2.45) is 0 Å². The Labute approximate surface area is 251 Å². The second kappa shape index (κ2) is 19.8. The monoisotopic (exact) mass is 346 g/mol. The van der Waals surface area contributed by atoms with Gasteiger partial charge >= 0.3 is 206 Å². The average molecular weight is 346 g/mol. The first-order valence-electron chi connectivity index (χ1n) is 1.46. The Bertz CT molecular complexity index is 132. The number of hydrogen-bond acceptors (Lipinski definition) is 8. The summed E-state index contributed by atoms with van der Waals surface area (Å²) in [7, 11) is -10.8. The molecule has 0 heterocycles. The maximum atomic E-state index is 8.55. The first-order valence-corrected chi connectivity index (χ1v) is 4.38. The third-order valence-corrected chi connectivity index (χ3v) is 0. The number of phosphoric acid groups is 2. The van der Waals surface area contributed by atoms with Crippen molar-refractivity contribution < 1.29 is 244 Å². The average Bonchev–Trinajstić information content (AvgIpc) is 1.12. The first-order chi connectivity index (χ1) is 4.00. The van der Waals surface area contributed by atoms with Crippen LogP contribution in [0.3, 0.4) is 0 Å². The van der Waals surface area contributed by atoms with Crippen molar-refractivity contribution in [3.8, 4) is 0 Å². The number of hydrogen-bond donors (Lipinski definition) is 0. The summed E-state index contributed by atoms with van der Waals surface area (Å²) in [5.41, 5.74) is 0. The molecular weight excluding hydrogens is 346 g/mol. The molecule has 0 spiro atoms. The molecule has 0 aromatic heterocycles. The van der Waals surface area contributed by atoms with Crippen molar-refractivity contribution in [2.45, 2.75) is 0 Å². The molecule has 0 saturated carbocycles. The Hall–Kier alpha value is 6.77. The minimum atomic E-state index is -5.39. The van der Waals surface area contributed by atoms with Crippen LogP contribution in [-0.2, 0) is 9.13 Å². The molecule has 0 aromatic carbocycles. The predicted molar refractivity (Wildman–Crippen MR) is 15.2 cm³/mol. The Morgan fingerprint density at radius 2 is 0.500 bits per heavy atom. The molecular formula is K4O8P2-2. The van der Waals surface area contributed by atoms with Crippen molar-refractivity contribution >= 4 is 15.6 Å². The van der Waals surface area contributed by atoms with Crippen molar-refractivity contribution in [3.05, 3.63) is 0 Å². The normalized spacial score (nSPS) is 8.43. The van der Waals surface area contributed by atoms with E-state index in [1.54, 1.807) is 0 Å². The van der Waals surface area contributed by atoms with Crippen LogP contribution in [0.2, 0.25) is 0 Å². The number of rotatable bonds is 0. The Kier molecular flexibility index (Phi) is 52.5. The zero-order valence-electron chi connectivity index (χ0n) is 8.16. The second-order valence-electron chi connectivity index (χ2n) is 0.894. The zero-order chi connectivity index (χ0) is 9.00. The van der Waals surface area contributed by atoms with Gasteiger partial charge in [-0.15, -0.1) is 0 Å². The molecule has 0 atom stereocenters. The Morgan fingerprint density at radius 3 is 0.500 bits per heavy atom. The van der Waals surface area contributed by atoms with Gasteiger partial charge in [0.15, 0.2) is 0 Å². The SMILES string of the molecule is O=P([O-])([O-])[O-].O=P([O-])([O-])[O-].[K+].[K+].[K+].[K+]. The van der Waals surface area contributed by atoms with Crippen LogP contribution in [0, 0.1) is 0 Å². The van der Waals surface area contributed by atoms with Crippen LogP contribution in [-0.4, -0.2) is 0 Å². The van der Waals surface area contributed by atoms with E-state index < -0.39 is 15.6 Å². The van der Waals surface area contributed by atoms with Gasteiger partial charge in [0, 0.05) is 0 Å². The summed E-state index contributed by atoms with van der Waals surface area (Å²) in [5, 5.41) is 0. The van der Waals surface area contributed by atoms with Gasteiger partial charge in [-0.3, -0.25) is 0 Å². The first kappa shape index (κ1) is 37.2. The maximum Gasteiger partial charge on any atom is 1.00 e. The summed E-state index contributed by atoms with van der Waals surface area (Å²) in [4.78, 5) is 51.3. The topological polar surface area (TPSA) is 172 Å². The minimum Gasteiger partial charge on any atom is -0.822 e. The van der Waals surface area contributed by atoms with Gasteiger partial charge in [-0.1, -0.05) is 0 Å². The molecule has 0 N–H and O–H groups in total. The van der Waals surface area contributed by atoms with Crippen molar-refractivity contribution in [1.82, 2.24) is 0 Å². The van der Waals surface area contributed by atoms with Gasteiger partial charge in [0.1, 0.15) is 0 Å². The molecule has 0 aliphatic carbocycles. The van der Waals surface area contributed by atoms with Crippen LogP contribution < -0.4 is 235 Å². The van der Waals surface area contributed by atoms with Crippen molar-refractivity contribution in [3.63, 3.8) is 0 Å². The van der Waals surface area contributed by atoms with E-state index >= 15 is 0 Å². The predicted octanol–water partition coefficient (Wildman–Crippen LogP) is -17.6. The van der Waals surface area contributed by atoms with Gasteiger partial charge in [0.2, 0.25) is 0 Å². The Balaban J connectivity index is -0.0000000178. The molecule has 0 radical (unpaired) electrons. The van der Waals surface area contributed by atoms with E-state index in [1.807, 2.05) is 0 Å². The third kappa shape index (κ3) is 129. The van der Waals surface area contributed by atoms with Crippen LogP contribution in [0.15, 0.2) is 0 Å². The van der Waals surface area contributed by atoms with E-state index in [-0.39, 0.29) is 206 Å². The van der Waals surface area contributed by atoms with Gasteiger partial charge < -0.3 is 38.5 Å². The summed E-state index contributed by atoms with van der Waals surface area (Å²) in [6.07, 6.45) is 0. The van der Waals surface area contributed by atoms with Gasteiger partial charge in [-0.2, -0.15) is 15.6 Å². The van der Waals surface area contributed by atoms with E-state index in [2.05, 4.69) is 0 Å². The van der Waals surface area contributed by atoms with Crippen LogP contribution in [0.25, 0.3) is 0 Å².